The van der Waals surface area contributed by atoms with Gasteiger partial charge < -0.3 is 20.5 Å². The van der Waals surface area contributed by atoms with Gasteiger partial charge in [-0.3, -0.25) is 19.0 Å². The Hall–Kier alpha value is -3.89. The van der Waals surface area contributed by atoms with Gasteiger partial charge in [0.1, 0.15) is 11.0 Å². The topological polar surface area (TPSA) is 126 Å². The molecule has 11 heteroatoms. The van der Waals surface area contributed by atoms with Crippen molar-refractivity contribution in [3.63, 3.8) is 0 Å². The van der Waals surface area contributed by atoms with Crippen molar-refractivity contribution in [3.8, 4) is 27.6 Å². The number of primary amides is 1. The smallest absolute Gasteiger partial charge is 0.275 e. The van der Waals surface area contributed by atoms with Crippen molar-refractivity contribution in [2.75, 3.05) is 20.3 Å². The third-order valence-electron chi connectivity index (χ3n) is 4.81. The molecule has 0 aliphatic heterocycles. The number of thiophene rings is 1. The van der Waals surface area contributed by atoms with Crippen LogP contribution in [0.2, 0.25) is 5.02 Å². The Morgan fingerprint density at radius 3 is 2.62 bits per heavy atom. The Kier molecular flexibility index (Phi) is 6.80. The second-order valence-corrected chi connectivity index (χ2v) is 8.61. The maximum atomic E-state index is 13.2. The van der Waals surface area contributed by atoms with Crippen LogP contribution in [0.1, 0.15) is 0 Å². The van der Waals surface area contributed by atoms with Crippen molar-refractivity contribution in [1.29, 1.82) is 0 Å². The van der Waals surface area contributed by atoms with E-state index in [0.29, 0.717) is 32.4 Å². The SMILES string of the molecule is COc1cc(-n2cnc3cc(-c4ccc(Cl)cc4)sc3c2=O)ccc1OCC(=O)NCC(N)=O. The monoisotopic (exact) mass is 498 g/mol. The predicted octanol–water partition coefficient (Wildman–Crippen LogP) is 2.76. The highest BCUT2D eigenvalue weighted by atomic mass is 35.5. The predicted molar refractivity (Wildman–Crippen MR) is 130 cm³/mol. The molecule has 2 aromatic carbocycles. The van der Waals surface area contributed by atoms with E-state index in [9.17, 15) is 14.4 Å². The van der Waals surface area contributed by atoms with E-state index < -0.39 is 11.8 Å². The second kappa shape index (κ2) is 9.94. The van der Waals surface area contributed by atoms with E-state index in [2.05, 4.69) is 10.3 Å². The molecule has 0 aliphatic rings. The summed E-state index contributed by atoms with van der Waals surface area (Å²) in [4.78, 5) is 41.1. The fourth-order valence-electron chi connectivity index (χ4n) is 3.16. The van der Waals surface area contributed by atoms with E-state index in [1.807, 2.05) is 18.2 Å². The average molecular weight is 499 g/mol. The van der Waals surface area contributed by atoms with Crippen LogP contribution in [0.15, 0.2) is 59.7 Å². The normalized spacial score (nSPS) is 10.8. The first-order chi connectivity index (χ1) is 16.4. The molecule has 0 bridgehead atoms. The zero-order valence-corrected chi connectivity index (χ0v) is 19.5. The number of ether oxygens (including phenoxy) is 2. The maximum Gasteiger partial charge on any atom is 0.275 e. The molecule has 0 saturated heterocycles. The molecule has 0 atom stereocenters. The van der Waals surface area contributed by atoms with Gasteiger partial charge in [-0.15, -0.1) is 11.3 Å². The number of methoxy groups -OCH3 is 1. The van der Waals surface area contributed by atoms with Crippen LogP contribution in [0.5, 0.6) is 11.5 Å². The molecule has 0 unspecified atom stereocenters. The number of nitrogens with one attached hydrogen (secondary N) is 1. The first-order valence-corrected chi connectivity index (χ1v) is 11.2. The van der Waals surface area contributed by atoms with E-state index in [1.54, 1.807) is 30.3 Å². The number of aromatic nitrogens is 2. The largest absolute Gasteiger partial charge is 0.493 e. The number of nitrogens with two attached hydrogens (primary N) is 1. The number of carbonyl (C=O) groups excluding carboxylic acids is 2. The minimum Gasteiger partial charge on any atom is -0.493 e. The molecule has 0 saturated carbocycles. The Bertz CT molecular complexity index is 1430. The molecule has 2 aromatic heterocycles. The van der Waals surface area contributed by atoms with Crippen molar-refractivity contribution in [2.45, 2.75) is 0 Å². The standard InChI is InChI=1S/C23H19ClN4O5S/c1-32-18-8-15(6-7-17(18)33-11-21(30)26-10-20(25)29)28-12-27-16-9-19(34-22(16)23(28)31)13-2-4-14(24)5-3-13/h2-9,12H,10-11H2,1H3,(H2,25,29)(H,26,30). The number of fused-ring (bicyclic) bond motifs is 1. The summed E-state index contributed by atoms with van der Waals surface area (Å²) < 4.78 is 12.8. The number of benzene rings is 2. The van der Waals surface area contributed by atoms with Crippen molar-refractivity contribution >= 4 is 45.0 Å². The van der Waals surface area contributed by atoms with Gasteiger partial charge in [-0.05, 0) is 35.9 Å². The first kappa shape index (κ1) is 23.3. The number of hydrogen-bond donors (Lipinski definition) is 2. The highest BCUT2D eigenvalue weighted by Gasteiger charge is 2.14. The minimum absolute atomic E-state index is 0.225. The summed E-state index contributed by atoms with van der Waals surface area (Å²) in [6.45, 7) is -0.613. The second-order valence-electron chi connectivity index (χ2n) is 7.12. The molecule has 2 amide bonds. The zero-order valence-electron chi connectivity index (χ0n) is 17.9. The molecule has 3 N–H and O–H groups in total. The number of amides is 2. The van der Waals surface area contributed by atoms with Crippen LogP contribution >= 0.6 is 22.9 Å². The molecule has 174 valence electrons. The summed E-state index contributed by atoms with van der Waals surface area (Å²) in [5.74, 6) is -0.550. The number of halogens is 1. The summed E-state index contributed by atoms with van der Waals surface area (Å²) >= 11 is 7.32. The number of carbonyl (C=O) groups is 2. The molecular weight excluding hydrogens is 480 g/mol. The minimum atomic E-state index is -0.655. The lowest BCUT2D eigenvalue weighted by atomic mass is 10.2. The lowest BCUT2D eigenvalue weighted by Gasteiger charge is -2.13. The fraction of sp³-hybridized carbons (Fsp3) is 0.130. The highest BCUT2D eigenvalue weighted by molar-refractivity contribution is 7.22. The molecule has 9 nitrogen and oxygen atoms in total. The van der Waals surface area contributed by atoms with Crippen molar-refractivity contribution in [3.05, 3.63) is 70.2 Å². The molecule has 2 heterocycles. The molecule has 0 fully saturated rings. The summed E-state index contributed by atoms with van der Waals surface area (Å²) in [5, 5.41) is 2.97. The summed E-state index contributed by atoms with van der Waals surface area (Å²) in [7, 11) is 1.45. The maximum absolute atomic E-state index is 13.2. The number of rotatable bonds is 8. The van der Waals surface area contributed by atoms with Gasteiger partial charge in [0.25, 0.3) is 11.5 Å². The quantitative estimate of drug-likeness (QED) is 0.385. The van der Waals surface area contributed by atoms with Crippen LogP contribution in [0.25, 0.3) is 26.3 Å². The highest BCUT2D eigenvalue weighted by Crippen LogP contribution is 2.32. The number of nitrogens with zero attached hydrogens (tertiary/aromatic N) is 2. The molecule has 0 radical (unpaired) electrons. The third-order valence-corrected chi connectivity index (χ3v) is 6.22. The fourth-order valence-corrected chi connectivity index (χ4v) is 4.33. The molecule has 4 rings (SSSR count). The Morgan fingerprint density at radius 2 is 1.91 bits per heavy atom. The van der Waals surface area contributed by atoms with Gasteiger partial charge in [-0.25, -0.2) is 4.98 Å². The lowest BCUT2D eigenvalue weighted by Crippen LogP contribution is -2.36. The van der Waals surface area contributed by atoms with E-state index in [-0.39, 0.29) is 18.7 Å². The van der Waals surface area contributed by atoms with Gasteiger partial charge in [0.15, 0.2) is 18.1 Å². The van der Waals surface area contributed by atoms with Crippen LogP contribution in [-0.2, 0) is 9.59 Å². The molecule has 4 aromatic rings. The average Bonchev–Trinajstić information content (AvgIpc) is 3.27. The van der Waals surface area contributed by atoms with Gasteiger partial charge in [-0.2, -0.15) is 0 Å². The van der Waals surface area contributed by atoms with Gasteiger partial charge in [0, 0.05) is 16.0 Å². The molecular formula is C23H19ClN4O5S. The van der Waals surface area contributed by atoms with Crippen LogP contribution in [0.3, 0.4) is 0 Å². The molecule has 0 aliphatic carbocycles. The molecule has 34 heavy (non-hydrogen) atoms. The van der Waals surface area contributed by atoms with Crippen molar-refractivity contribution in [1.82, 2.24) is 14.9 Å². The summed E-state index contributed by atoms with van der Waals surface area (Å²) in [5.41, 5.74) is 6.84. The Morgan fingerprint density at radius 1 is 1.15 bits per heavy atom. The van der Waals surface area contributed by atoms with Gasteiger partial charge >= 0.3 is 0 Å². The van der Waals surface area contributed by atoms with Crippen LogP contribution in [0, 0.1) is 0 Å². The summed E-state index contributed by atoms with van der Waals surface area (Å²) in [6.07, 6.45) is 1.45. The van der Waals surface area contributed by atoms with E-state index in [1.165, 1.54) is 29.3 Å². The van der Waals surface area contributed by atoms with Crippen LogP contribution in [0.4, 0.5) is 0 Å². The Labute approximate surface area is 202 Å². The zero-order chi connectivity index (χ0) is 24.2. The third kappa shape index (κ3) is 5.03. The van der Waals surface area contributed by atoms with Crippen LogP contribution in [-0.4, -0.2) is 41.6 Å². The molecule has 0 spiro atoms. The first-order valence-electron chi connectivity index (χ1n) is 9.99. The van der Waals surface area contributed by atoms with Gasteiger partial charge in [0.2, 0.25) is 5.91 Å². The van der Waals surface area contributed by atoms with E-state index >= 15 is 0 Å². The van der Waals surface area contributed by atoms with Crippen molar-refractivity contribution in [2.24, 2.45) is 5.73 Å². The van der Waals surface area contributed by atoms with E-state index in [0.717, 1.165) is 10.4 Å². The number of hydrogen-bond acceptors (Lipinski definition) is 7. The Balaban J connectivity index is 1.60. The van der Waals surface area contributed by atoms with Crippen molar-refractivity contribution < 1.29 is 19.1 Å². The van der Waals surface area contributed by atoms with Crippen LogP contribution < -0.4 is 26.1 Å². The van der Waals surface area contributed by atoms with E-state index in [4.69, 9.17) is 26.8 Å². The lowest BCUT2D eigenvalue weighted by molar-refractivity contribution is -0.126. The van der Waals surface area contributed by atoms with Gasteiger partial charge in [-0.1, -0.05) is 23.7 Å². The summed E-state index contributed by atoms with van der Waals surface area (Å²) in [6, 6.07) is 14.1. The van der Waals surface area contributed by atoms with Gasteiger partial charge in [0.05, 0.1) is 24.9 Å².